The maximum atomic E-state index is 10.5. The Balaban J connectivity index is 2.50. The van der Waals surface area contributed by atoms with E-state index >= 15 is 0 Å². The minimum absolute atomic E-state index is 0.446. The van der Waals surface area contributed by atoms with E-state index in [-0.39, 0.29) is 0 Å². The van der Waals surface area contributed by atoms with Crippen LogP contribution < -0.4 is 10.5 Å². The summed E-state index contributed by atoms with van der Waals surface area (Å²) in [4.78, 5) is 10.5. The summed E-state index contributed by atoms with van der Waals surface area (Å²) in [6.45, 7) is 1.63. The van der Waals surface area contributed by atoms with Gasteiger partial charge in [-0.05, 0) is 24.4 Å². The van der Waals surface area contributed by atoms with Gasteiger partial charge in [0.2, 0.25) is 0 Å². The number of hydrogen-bond acceptors (Lipinski definition) is 3. The van der Waals surface area contributed by atoms with Crippen LogP contribution in [-0.2, 0) is 4.79 Å². The zero-order chi connectivity index (χ0) is 8.27. The van der Waals surface area contributed by atoms with E-state index in [0.29, 0.717) is 0 Å². The molecule has 0 spiro atoms. The molecular weight excluding hydrogens is 162 g/mol. The van der Waals surface area contributed by atoms with Gasteiger partial charge in [-0.3, -0.25) is 4.79 Å². The molecule has 0 radical (unpaired) electrons. The molecule has 60 valence electrons. The fourth-order valence-corrected chi connectivity index (χ4v) is 1.21. The number of carbonyl (C=O) groups excluding carboxylic acids is 1. The van der Waals surface area contributed by atoms with Crippen molar-refractivity contribution in [1.82, 2.24) is 0 Å². The van der Waals surface area contributed by atoms with E-state index in [2.05, 4.69) is 0 Å². The van der Waals surface area contributed by atoms with Gasteiger partial charge in [0, 0.05) is 0 Å². The Morgan fingerprint density at radius 3 is 3.00 bits per heavy atom. The zero-order valence-electron chi connectivity index (χ0n) is 6.11. The summed E-state index contributed by atoms with van der Waals surface area (Å²) in [5, 5.41) is 2.60. The standard InChI is InChI=1S/C7H9NO2S/c1-5(7(8)9)10-6-3-2-4-11-6/h2-5H,1H3,(H2,8,9). The Morgan fingerprint density at radius 2 is 2.55 bits per heavy atom. The predicted octanol–water partition coefficient (Wildman–Crippen LogP) is 1.00. The third kappa shape index (κ3) is 2.23. The molecule has 11 heavy (non-hydrogen) atoms. The van der Waals surface area contributed by atoms with Gasteiger partial charge in [0.1, 0.15) is 0 Å². The minimum atomic E-state index is -0.548. The van der Waals surface area contributed by atoms with E-state index in [0.717, 1.165) is 5.06 Å². The fraction of sp³-hybridized carbons (Fsp3) is 0.286. The first kappa shape index (κ1) is 8.07. The maximum absolute atomic E-state index is 10.5. The number of thiophene rings is 1. The Labute approximate surface area is 68.8 Å². The topological polar surface area (TPSA) is 52.3 Å². The van der Waals surface area contributed by atoms with E-state index in [1.807, 2.05) is 11.4 Å². The fourth-order valence-electron chi connectivity index (χ4n) is 0.563. The lowest BCUT2D eigenvalue weighted by atomic mass is 10.4. The van der Waals surface area contributed by atoms with Gasteiger partial charge >= 0.3 is 0 Å². The first-order chi connectivity index (χ1) is 5.20. The van der Waals surface area contributed by atoms with E-state index in [1.54, 1.807) is 13.0 Å². The minimum Gasteiger partial charge on any atom is -0.471 e. The van der Waals surface area contributed by atoms with Crippen molar-refractivity contribution in [1.29, 1.82) is 0 Å². The summed E-state index contributed by atoms with van der Waals surface area (Å²) in [7, 11) is 0. The zero-order valence-corrected chi connectivity index (χ0v) is 6.93. The molecule has 3 nitrogen and oxygen atoms in total. The van der Waals surface area contributed by atoms with E-state index in [1.165, 1.54) is 11.3 Å². The highest BCUT2D eigenvalue weighted by Gasteiger charge is 2.09. The largest absolute Gasteiger partial charge is 0.471 e. The molecule has 1 unspecified atom stereocenters. The van der Waals surface area contributed by atoms with Crippen LogP contribution in [0.4, 0.5) is 0 Å². The summed E-state index contributed by atoms with van der Waals surface area (Å²) in [5.74, 6) is -0.446. The van der Waals surface area contributed by atoms with Gasteiger partial charge in [0.15, 0.2) is 11.2 Å². The number of ether oxygens (including phenoxy) is 1. The van der Waals surface area contributed by atoms with Crippen molar-refractivity contribution in [3.05, 3.63) is 17.5 Å². The Morgan fingerprint density at radius 1 is 1.82 bits per heavy atom. The highest BCUT2D eigenvalue weighted by Crippen LogP contribution is 2.19. The first-order valence-electron chi connectivity index (χ1n) is 3.19. The second-order valence-corrected chi connectivity index (χ2v) is 3.00. The molecular formula is C7H9NO2S. The van der Waals surface area contributed by atoms with Crippen LogP contribution in [0, 0.1) is 0 Å². The summed E-state index contributed by atoms with van der Waals surface area (Å²) in [6.07, 6.45) is -0.548. The molecule has 0 aliphatic heterocycles. The van der Waals surface area contributed by atoms with E-state index < -0.39 is 12.0 Å². The second-order valence-electron chi connectivity index (χ2n) is 2.09. The lowest BCUT2D eigenvalue weighted by molar-refractivity contribution is -0.123. The van der Waals surface area contributed by atoms with Crippen LogP contribution in [-0.4, -0.2) is 12.0 Å². The van der Waals surface area contributed by atoms with Crippen molar-refractivity contribution < 1.29 is 9.53 Å². The van der Waals surface area contributed by atoms with Crippen LogP contribution in [0.25, 0.3) is 0 Å². The monoisotopic (exact) mass is 171 g/mol. The van der Waals surface area contributed by atoms with Crippen molar-refractivity contribution in [2.24, 2.45) is 5.73 Å². The molecule has 0 aliphatic rings. The summed E-state index contributed by atoms with van der Waals surface area (Å²) >= 11 is 1.44. The van der Waals surface area contributed by atoms with E-state index in [4.69, 9.17) is 10.5 Å². The number of hydrogen-bond donors (Lipinski definition) is 1. The van der Waals surface area contributed by atoms with Crippen molar-refractivity contribution in [3.63, 3.8) is 0 Å². The SMILES string of the molecule is CC(Oc1cccs1)C(N)=O. The average molecular weight is 171 g/mol. The van der Waals surface area contributed by atoms with Gasteiger partial charge in [-0.1, -0.05) is 0 Å². The van der Waals surface area contributed by atoms with Crippen molar-refractivity contribution in [2.75, 3.05) is 0 Å². The van der Waals surface area contributed by atoms with Gasteiger partial charge < -0.3 is 10.5 Å². The third-order valence-corrected chi connectivity index (χ3v) is 1.95. The number of primary amides is 1. The van der Waals surface area contributed by atoms with E-state index in [9.17, 15) is 4.79 Å². The van der Waals surface area contributed by atoms with Gasteiger partial charge in [-0.15, -0.1) is 11.3 Å². The van der Waals surface area contributed by atoms with Crippen LogP contribution in [0.2, 0.25) is 0 Å². The molecule has 1 amide bonds. The Kier molecular flexibility index (Phi) is 2.48. The molecule has 1 heterocycles. The molecule has 0 aliphatic carbocycles. The molecule has 0 saturated carbocycles. The highest BCUT2D eigenvalue weighted by atomic mass is 32.1. The van der Waals surface area contributed by atoms with Crippen molar-refractivity contribution >= 4 is 17.2 Å². The molecule has 2 N–H and O–H groups in total. The van der Waals surface area contributed by atoms with Crippen LogP contribution in [0.5, 0.6) is 5.06 Å². The molecule has 0 aromatic carbocycles. The highest BCUT2D eigenvalue weighted by molar-refractivity contribution is 7.11. The van der Waals surface area contributed by atoms with Crippen molar-refractivity contribution in [3.8, 4) is 5.06 Å². The first-order valence-corrected chi connectivity index (χ1v) is 4.07. The summed E-state index contributed by atoms with van der Waals surface area (Å²) in [6, 6.07) is 3.65. The molecule has 4 heteroatoms. The Hall–Kier alpha value is -1.03. The van der Waals surface area contributed by atoms with Crippen LogP contribution in [0.3, 0.4) is 0 Å². The summed E-state index contributed by atoms with van der Waals surface area (Å²) in [5.41, 5.74) is 4.99. The lowest BCUT2D eigenvalue weighted by Gasteiger charge is -2.07. The number of carbonyl (C=O) groups is 1. The van der Waals surface area contributed by atoms with Crippen molar-refractivity contribution in [2.45, 2.75) is 13.0 Å². The van der Waals surface area contributed by atoms with Gasteiger partial charge in [0.05, 0.1) is 0 Å². The smallest absolute Gasteiger partial charge is 0.258 e. The number of rotatable bonds is 3. The van der Waals surface area contributed by atoms with Gasteiger partial charge in [-0.2, -0.15) is 0 Å². The quantitative estimate of drug-likeness (QED) is 0.737. The second kappa shape index (κ2) is 3.39. The molecule has 1 aromatic heterocycles. The van der Waals surface area contributed by atoms with Gasteiger partial charge in [0.25, 0.3) is 5.91 Å². The molecule has 1 atom stereocenters. The molecule has 0 saturated heterocycles. The number of amides is 1. The normalized spacial score (nSPS) is 12.5. The lowest BCUT2D eigenvalue weighted by Crippen LogP contribution is -2.30. The molecule has 0 fully saturated rings. The maximum Gasteiger partial charge on any atom is 0.258 e. The third-order valence-electron chi connectivity index (χ3n) is 1.19. The van der Waals surface area contributed by atoms with Crippen LogP contribution in [0.15, 0.2) is 17.5 Å². The predicted molar refractivity (Wildman–Crippen MR) is 43.6 cm³/mol. The summed E-state index contributed by atoms with van der Waals surface area (Å²) < 4.78 is 5.16. The molecule has 1 aromatic rings. The Bertz CT molecular complexity index is 233. The average Bonchev–Trinajstić information content (AvgIpc) is 2.39. The van der Waals surface area contributed by atoms with Gasteiger partial charge in [-0.25, -0.2) is 0 Å². The molecule has 1 rings (SSSR count). The molecule has 0 bridgehead atoms. The number of nitrogens with two attached hydrogens (primary N) is 1. The van der Waals surface area contributed by atoms with Crippen LogP contribution in [0.1, 0.15) is 6.92 Å². The van der Waals surface area contributed by atoms with Crippen LogP contribution >= 0.6 is 11.3 Å².